The molecule has 1 saturated heterocycles. The highest BCUT2D eigenvalue weighted by Crippen LogP contribution is 2.31. The monoisotopic (exact) mass is 479 g/mol. The molecule has 6 nitrogen and oxygen atoms in total. The summed E-state index contributed by atoms with van der Waals surface area (Å²) in [5, 5.41) is 6.39. The van der Waals surface area contributed by atoms with Crippen molar-refractivity contribution >= 4 is 35.8 Å². The zero-order chi connectivity index (χ0) is 18.3. The minimum atomic E-state index is 0. The van der Waals surface area contributed by atoms with E-state index in [1.807, 2.05) is 7.05 Å². The fraction of sp³-hybridized carbons (Fsp3) is 0.895. The van der Waals surface area contributed by atoms with Crippen LogP contribution >= 0.6 is 24.0 Å². The molecule has 0 aromatic carbocycles. The van der Waals surface area contributed by atoms with Crippen molar-refractivity contribution in [2.75, 3.05) is 47.8 Å². The zero-order valence-corrected chi connectivity index (χ0v) is 19.3. The quantitative estimate of drug-likeness (QED) is 0.361. The van der Waals surface area contributed by atoms with Crippen molar-refractivity contribution in [2.24, 2.45) is 10.9 Å². The SMILES string of the molecule is CN=C(NCC1(N(C)C)CCCCC1)N1CCC(CC(=O)NC)CC1.I. The Bertz CT molecular complexity index is 455. The molecule has 0 aromatic rings. The van der Waals surface area contributed by atoms with E-state index in [1.54, 1.807) is 7.05 Å². The van der Waals surface area contributed by atoms with Gasteiger partial charge >= 0.3 is 0 Å². The van der Waals surface area contributed by atoms with E-state index in [0.29, 0.717) is 12.3 Å². The maximum Gasteiger partial charge on any atom is 0.220 e. The number of aliphatic imine (C=N–C) groups is 1. The van der Waals surface area contributed by atoms with Crippen molar-refractivity contribution in [1.82, 2.24) is 20.4 Å². The van der Waals surface area contributed by atoms with Crippen molar-refractivity contribution in [1.29, 1.82) is 0 Å². The summed E-state index contributed by atoms with van der Waals surface area (Å²) in [7, 11) is 8.01. The lowest BCUT2D eigenvalue weighted by molar-refractivity contribution is -0.121. The van der Waals surface area contributed by atoms with Gasteiger partial charge in [-0.15, -0.1) is 24.0 Å². The Balaban J connectivity index is 0.00000338. The van der Waals surface area contributed by atoms with Crippen LogP contribution in [0.1, 0.15) is 51.4 Å². The Morgan fingerprint density at radius 2 is 1.81 bits per heavy atom. The topological polar surface area (TPSA) is 60.0 Å². The van der Waals surface area contributed by atoms with E-state index in [1.165, 1.54) is 32.1 Å². The van der Waals surface area contributed by atoms with Crippen LogP contribution in [-0.2, 0) is 4.79 Å². The summed E-state index contributed by atoms with van der Waals surface area (Å²) in [6, 6.07) is 0. The molecule has 1 amide bonds. The summed E-state index contributed by atoms with van der Waals surface area (Å²) in [6.07, 6.45) is 9.31. The summed E-state index contributed by atoms with van der Waals surface area (Å²) in [6.45, 7) is 2.93. The van der Waals surface area contributed by atoms with E-state index >= 15 is 0 Å². The van der Waals surface area contributed by atoms with E-state index in [2.05, 4.69) is 39.5 Å². The molecule has 0 aromatic heterocycles. The van der Waals surface area contributed by atoms with Crippen molar-refractivity contribution in [3.63, 3.8) is 0 Å². The van der Waals surface area contributed by atoms with Crippen LogP contribution in [0.25, 0.3) is 0 Å². The predicted octanol–water partition coefficient (Wildman–Crippen LogP) is 2.29. The van der Waals surface area contributed by atoms with Crippen LogP contribution in [0, 0.1) is 5.92 Å². The number of hydrogen-bond donors (Lipinski definition) is 2. The van der Waals surface area contributed by atoms with Crippen LogP contribution in [0.15, 0.2) is 4.99 Å². The van der Waals surface area contributed by atoms with Crippen molar-refractivity contribution in [3.05, 3.63) is 0 Å². The third-order valence-corrected chi connectivity index (χ3v) is 6.19. The third-order valence-electron chi connectivity index (χ3n) is 6.19. The van der Waals surface area contributed by atoms with Gasteiger partial charge in [0, 0.05) is 45.7 Å². The van der Waals surface area contributed by atoms with Gasteiger partial charge in [-0.2, -0.15) is 0 Å². The minimum absolute atomic E-state index is 0. The maximum atomic E-state index is 11.6. The van der Waals surface area contributed by atoms with E-state index in [4.69, 9.17) is 0 Å². The average Bonchev–Trinajstić information content (AvgIpc) is 2.64. The fourth-order valence-corrected chi connectivity index (χ4v) is 4.28. The second kappa shape index (κ2) is 11.3. The number of likely N-dealkylation sites (N-methyl/N-ethyl adjacent to an activating group) is 1. The molecule has 2 N–H and O–H groups in total. The van der Waals surface area contributed by atoms with Gasteiger partial charge in [0.25, 0.3) is 0 Å². The predicted molar refractivity (Wildman–Crippen MR) is 119 cm³/mol. The number of guanidine groups is 1. The molecule has 26 heavy (non-hydrogen) atoms. The molecule has 2 rings (SSSR count). The van der Waals surface area contributed by atoms with Gasteiger partial charge in [-0.3, -0.25) is 9.79 Å². The summed E-state index contributed by atoms with van der Waals surface area (Å²) in [4.78, 5) is 20.8. The standard InChI is InChI=1S/C19H37N5O.HI/c1-20-17(25)14-16-8-12-24(13-9-16)18(21-2)22-15-19(23(3)4)10-6-5-7-11-19;/h16H,5-15H2,1-4H3,(H,20,25)(H,21,22);1H. The van der Waals surface area contributed by atoms with Crippen LogP contribution in [-0.4, -0.2) is 75.0 Å². The highest BCUT2D eigenvalue weighted by Gasteiger charge is 2.34. The van der Waals surface area contributed by atoms with Gasteiger partial charge in [0.15, 0.2) is 5.96 Å². The smallest absolute Gasteiger partial charge is 0.220 e. The molecule has 152 valence electrons. The number of carbonyl (C=O) groups excluding carboxylic acids is 1. The van der Waals surface area contributed by atoms with Crippen LogP contribution in [0.5, 0.6) is 0 Å². The van der Waals surface area contributed by atoms with Crippen molar-refractivity contribution in [3.8, 4) is 0 Å². The number of likely N-dealkylation sites (tertiary alicyclic amines) is 1. The molecule has 0 atom stereocenters. The van der Waals surface area contributed by atoms with Gasteiger partial charge < -0.3 is 20.4 Å². The Morgan fingerprint density at radius 3 is 2.31 bits per heavy atom. The Labute approximate surface area is 176 Å². The van der Waals surface area contributed by atoms with Gasteiger partial charge in [0.05, 0.1) is 0 Å². The van der Waals surface area contributed by atoms with E-state index in [0.717, 1.165) is 38.4 Å². The number of piperidine rings is 1. The second-order valence-corrected chi connectivity index (χ2v) is 7.89. The molecule has 1 saturated carbocycles. The van der Waals surface area contributed by atoms with Crippen molar-refractivity contribution < 1.29 is 4.79 Å². The van der Waals surface area contributed by atoms with E-state index < -0.39 is 0 Å². The van der Waals surface area contributed by atoms with Gasteiger partial charge in [0.2, 0.25) is 5.91 Å². The second-order valence-electron chi connectivity index (χ2n) is 7.89. The fourth-order valence-electron chi connectivity index (χ4n) is 4.28. The molecule has 2 fully saturated rings. The van der Waals surface area contributed by atoms with Crippen molar-refractivity contribution in [2.45, 2.75) is 56.9 Å². The number of nitrogens with one attached hydrogen (secondary N) is 2. The first kappa shape index (κ1) is 23.5. The molecular weight excluding hydrogens is 441 g/mol. The van der Waals surface area contributed by atoms with Gasteiger partial charge in [-0.05, 0) is 45.7 Å². The third kappa shape index (κ3) is 6.25. The lowest BCUT2D eigenvalue weighted by atomic mass is 9.80. The number of nitrogens with zero attached hydrogens (tertiary/aromatic N) is 3. The number of amides is 1. The Kier molecular flexibility index (Phi) is 10.2. The molecule has 0 unspecified atom stereocenters. The Hall–Kier alpha value is -0.570. The molecular formula is C19H38IN5O. The first-order chi connectivity index (χ1) is 12.0. The first-order valence-electron chi connectivity index (χ1n) is 9.84. The van der Waals surface area contributed by atoms with E-state index in [9.17, 15) is 4.79 Å². The normalized spacial score (nSPS) is 21.3. The van der Waals surface area contributed by atoms with E-state index in [-0.39, 0.29) is 35.4 Å². The lowest BCUT2D eigenvalue weighted by Gasteiger charge is -2.44. The summed E-state index contributed by atoms with van der Waals surface area (Å²) >= 11 is 0. The summed E-state index contributed by atoms with van der Waals surface area (Å²) in [5.41, 5.74) is 0.256. The largest absolute Gasteiger partial charge is 0.359 e. The van der Waals surface area contributed by atoms with Crippen LogP contribution in [0.3, 0.4) is 0 Å². The van der Waals surface area contributed by atoms with Crippen LogP contribution < -0.4 is 10.6 Å². The number of rotatable bonds is 5. The highest BCUT2D eigenvalue weighted by atomic mass is 127. The van der Waals surface area contributed by atoms with Crippen LogP contribution in [0.4, 0.5) is 0 Å². The molecule has 2 aliphatic rings. The zero-order valence-electron chi connectivity index (χ0n) is 17.0. The Morgan fingerprint density at radius 1 is 1.19 bits per heavy atom. The summed E-state index contributed by atoms with van der Waals surface area (Å²) in [5.74, 6) is 1.68. The number of halogens is 1. The molecule has 0 bridgehead atoms. The molecule has 0 radical (unpaired) electrons. The molecule has 1 aliphatic carbocycles. The highest BCUT2D eigenvalue weighted by molar-refractivity contribution is 14.0. The van der Waals surface area contributed by atoms with Gasteiger partial charge in [0.1, 0.15) is 0 Å². The number of carbonyl (C=O) groups is 1. The number of hydrogen-bond acceptors (Lipinski definition) is 3. The van der Waals surface area contributed by atoms with Gasteiger partial charge in [-0.1, -0.05) is 19.3 Å². The molecule has 1 aliphatic heterocycles. The molecule has 7 heteroatoms. The average molecular weight is 479 g/mol. The molecule has 1 heterocycles. The van der Waals surface area contributed by atoms with Gasteiger partial charge in [-0.25, -0.2) is 0 Å². The lowest BCUT2D eigenvalue weighted by Crippen LogP contribution is -2.56. The minimum Gasteiger partial charge on any atom is -0.359 e. The first-order valence-corrected chi connectivity index (χ1v) is 9.84. The van der Waals surface area contributed by atoms with Crippen LogP contribution in [0.2, 0.25) is 0 Å². The maximum absolute atomic E-state index is 11.6. The molecule has 0 spiro atoms. The summed E-state index contributed by atoms with van der Waals surface area (Å²) < 4.78 is 0.